The van der Waals surface area contributed by atoms with E-state index >= 15 is 0 Å². The molecular weight excluding hydrogens is 286 g/mol. The Labute approximate surface area is 136 Å². The Morgan fingerprint density at radius 1 is 1.04 bits per heavy atom. The van der Waals surface area contributed by atoms with E-state index in [0.717, 1.165) is 5.56 Å². The van der Waals surface area contributed by atoms with Crippen molar-refractivity contribution in [2.75, 3.05) is 7.11 Å². The molecule has 0 heterocycles. The summed E-state index contributed by atoms with van der Waals surface area (Å²) < 4.78 is 5.16. The number of aromatic hydroxyl groups is 1. The Morgan fingerprint density at radius 3 is 2.65 bits per heavy atom. The molecule has 0 amide bonds. The Balaban J connectivity index is 1.77. The lowest BCUT2D eigenvalue weighted by molar-refractivity contribution is 0.372. The highest BCUT2D eigenvalue weighted by Gasteiger charge is 2.09. The van der Waals surface area contributed by atoms with Crippen LogP contribution in [0.4, 0.5) is 0 Å². The van der Waals surface area contributed by atoms with E-state index in [-0.39, 0.29) is 11.8 Å². The van der Waals surface area contributed by atoms with E-state index in [1.807, 2.05) is 12.1 Å². The lowest BCUT2D eigenvalue weighted by Gasteiger charge is -2.17. The molecule has 1 atom stereocenters. The number of phenols is 1. The minimum atomic E-state index is 0.165. The summed E-state index contributed by atoms with van der Waals surface area (Å²) in [5, 5.41) is 15.7. The summed E-state index contributed by atoms with van der Waals surface area (Å²) in [6, 6.07) is 20.5. The van der Waals surface area contributed by atoms with Gasteiger partial charge in [-0.3, -0.25) is 0 Å². The highest BCUT2D eigenvalue weighted by Crippen LogP contribution is 2.27. The van der Waals surface area contributed by atoms with E-state index < -0.39 is 0 Å². The van der Waals surface area contributed by atoms with E-state index in [9.17, 15) is 5.11 Å². The van der Waals surface area contributed by atoms with E-state index in [1.165, 1.54) is 16.3 Å². The number of fused-ring (bicyclic) bond motifs is 1. The van der Waals surface area contributed by atoms with Gasteiger partial charge in [-0.1, -0.05) is 48.5 Å². The Hall–Kier alpha value is -2.52. The molecule has 3 aromatic rings. The Kier molecular flexibility index (Phi) is 4.49. The number of phenolic OH excluding ortho intramolecular Hbond substituents is 1. The molecular formula is C20H21NO2. The van der Waals surface area contributed by atoms with Gasteiger partial charge in [0.15, 0.2) is 11.5 Å². The second-order valence-corrected chi connectivity index (χ2v) is 5.68. The number of nitrogens with one attached hydrogen (secondary N) is 1. The average molecular weight is 307 g/mol. The molecule has 3 aromatic carbocycles. The predicted molar refractivity (Wildman–Crippen MR) is 93.9 cm³/mol. The van der Waals surface area contributed by atoms with E-state index in [2.05, 4.69) is 54.7 Å². The Morgan fingerprint density at radius 2 is 1.83 bits per heavy atom. The van der Waals surface area contributed by atoms with Gasteiger partial charge >= 0.3 is 0 Å². The van der Waals surface area contributed by atoms with Crippen molar-refractivity contribution in [1.82, 2.24) is 5.32 Å². The minimum Gasteiger partial charge on any atom is -0.504 e. The minimum absolute atomic E-state index is 0.165. The van der Waals surface area contributed by atoms with Crippen molar-refractivity contribution in [2.24, 2.45) is 0 Å². The lowest BCUT2D eigenvalue weighted by Crippen LogP contribution is -2.18. The summed E-state index contributed by atoms with van der Waals surface area (Å²) in [7, 11) is 1.56. The fraction of sp³-hybridized carbons (Fsp3) is 0.200. The van der Waals surface area contributed by atoms with Gasteiger partial charge in [-0.15, -0.1) is 0 Å². The van der Waals surface area contributed by atoms with Gasteiger partial charge in [-0.25, -0.2) is 0 Å². The zero-order valence-corrected chi connectivity index (χ0v) is 13.4. The molecule has 0 saturated carbocycles. The molecule has 118 valence electrons. The maximum absolute atomic E-state index is 9.66. The second kappa shape index (κ2) is 6.71. The van der Waals surface area contributed by atoms with Crippen LogP contribution in [0.5, 0.6) is 11.5 Å². The van der Waals surface area contributed by atoms with Gasteiger partial charge in [0.2, 0.25) is 0 Å². The molecule has 2 N–H and O–H groups in total. The molecule has 3 nitrogen and oxygen atoms in total. The fourth-order valence-electron chi connectivity index (χ4n) is 2.84. The van der Waals surface area contributed by atoms with Crippen molar-refractivity contribution in [3.63, 3.8) is 0 Å². The second-order valence-electron chi connectivity index (χ2n) is 5.68. The molecule has 0 aromatic heterocycles. The van der Waals surface area contributed by atoms with Gasteiger partial charge in [-0.05, 0) is 41.0 Å². The predicted octanol–water partition coefficient (Wildman–Crippen LogP) is 4.40. The largest absolute Gasteiger partial charge is 0.504 e. The van der Waals surface area contributed by atoms with Crippen LogP contribution in [0, 0.1) is 0 Å². The highest BCUT2D eigenvalue weighted by atomic mass is 16.5. The van der Waals surface area contributed by atoms with Crippen molar-refractivity contribution in [3.05, 3.63) is 71.8 Å². The van der Waals surface area contributed by atoms with Crippen LogP contribution in [0.15, 0.2) is 60.7 Å². The maximum Gasteiger partial charge on any atom is 0.160 e. The average Bonchev–Trinajstić information content (AvgIpc) is 2.60. The van der Waals surface area contributed by atoms with Gasteiger partial charge in [0.25, 0.3) is 0 Å². The first-order chi connectivity index (χ1) is 11.2. The van der Waals surface area contributed by atoms with Crippen molar-refractivity contribution >= 4 is 10.8 Å². The molecule has 0 bridgehead atoms. The van der Waals surface area contributed by atoms with Crippen LogP contribution in [0.25, 0.3) is 10.8 Å². The van der Waals surface area contributed by atoms with E-state index in [4.69, 9.17) is 4.74 Å². The normalized spacial score (nSPS) is 12.3. The number of benzene rings is 3. The molecule has 0 aliphatic heterocycles. The van der Waals surface area contributed by atoms with Gasteiger partial charge in [-0.2, -0.15) is 0 Å². The van der Waals surface area contributed by atoms with Crippen molar-refractivity contribution in [1.29, 1.82) is 0 Å². The zero-order chi connectivity index (χ0) is 16.2. The van der Waals surface area contributed by atoms with Crippen LogP contribution in [0.1, 0.15) is 24.1 Å². The van der Waals surface area contributed by atoms with E-state index in [1.54, 1.807) is 13.2 Å². The molecule has 0 fully saturated rings. The summed E-state index contributed by atoms with van der Waals surface area (Å²) >= 11 is 0. The molecule has 0 aliphatic rings. The van der Waals surface area contributed by atoms with Crippen LogP contribution >= 0.6 is 0 Å². The molecule has 0 spiro atoms. The molecule has 23 heavy (non-hydrogen) atoms. The fourth-order valence-corrected chi connectivity index (χ4v) is 2.84. The van der Waals surface area contributed by atoms with E-state index in [0.29, 0.717) is 12.3 Å². The van der Waals surface area contributed by atoms with Crippen molar-refractivity contribution in [2.45, 2.75) is 19.5 Å². The van der Waals surface area contributed by atoms with Crippen molar-refractivity contribution < 1.29 is 9.84 Å². The number of methoxy groups -OCH3 is 1. The molecule has 0 saturated heterocycles. The number of rotatable bonds is 5. The summed E-state index contributed by atoms with van der Waals surface area (Å²) in [6.45, 7) is 2.88. The molecule has 0 radical (unpaired) electrons. The third kappa shape index (κ3) is 3.30. The third-order valence-electron chi connectivity index (χ3n) is 4.15. The van der Waals surface area contributed by atoms with Gasteiger partial charge in [0, 0.05) is 12.6 Å². The summed E-state index contributed by atoms with van der Waals surface area (Å²) in [5.74, 6) is 0.667. The molecule has 1 unspecified atom stereocenters. The van der Waals surface area contributed by atoms with Gasteiger partial charge < -0.3 is 15.2 Å². The molecule has 3 rings (SSSR count). The van der Waals surface area contributed by atoms with Crippen molar-refractivity contribution in [3.8, 4) is 11.5 Å². The summed E-state index contributed by atoms with van der Waals surface area (Å²) in [6.07, 6.45) is 0. The van der Waals surface area contributed by atoms with Gasteiger partial charge in [0.05, 0.1) is 7.11 Å². The maximum atomic E-state index is 9.66. The monoisotopic (exact) mass is 307 g/mol. The third-order valence-corrected chi connectivity index (χ3v) is 4.15. The highest BCUT2D eigenvalue weighted by molar-refractivity contribution is 5.86. The smallest absolute Gasteiger partial charge is 0.160 e. The number of hydrogen-bond acceptors (Lipinski definition) is 3. The number of ether oxygens (including phenoxy) is 1. The SMILES string of the molecule is COc1cc(CNC(C)c2cccc3ccccc23)ccc1O. The summed E-state index contributed by atoms with van der Waals surface area (Å²) in [4.78, 5) is 0. The topological polar surface area (TPSA) is 41.5 Å². The van der Waals surface area contributed by atoms with Crippen LogP contribution < -0.4 is 10.1 Å². The quantitative estimate of drug-likeness (QED) is 0.734. The first-order valence-corrected chi connectivity index (χ1v) is 7.76. The number of hydrogen-bond donors (Lipinski definition) is 2. The van der Waals surface area contributed by atoms with Crippen LogP contribution in [0.2, 0.25) is 0 Å². The molecule has 0 aliphatic carbocycles. The molecule has 3 heteroatoms. The first-order valence-electron chi connectivity index (χ1n) is 7.76. The zero-order valence-electron chi connectivity index (χ0n) is 13.4. The lowest BCUT2D eigenvalue weighted by atomic mass is 9.99. The van der Waals surface area contributed by atoms with Crippen LogP contribution in [-0.4, -0.2) is 12.2 Å². The standard InChI is InChI=1S/C20H21NO2/c1-14(17-9-5-7-16-6-3-4-8-18(16)17)21-13-15-10-11-19(22)20(12-15)23-2/h3-12,14,21-22H,13H2,1-2H3. The first kappa shape index (κ1) is 15.4. The van der Waals surface area contributed by atoms with Gasteiger partial charge in [0.1, 0.15) is 0 Å². The summed E-state index contributed by atoms with van der Waals surface area (Å²) in [5.41, 5.74) is 2.36. The van der Waals surface area contributed by atoms with Crippen LogP contribution in [0.3, 0.4) is 0 Å². The Bertz CT molecular complexity index is 808. The van der Waals surface area contributed by atoms with Crippen LogP contribution in [-0.2, 0) is 6.54 Å².